The van der Waals surface area contributed by atoms with Gasteiger partial charge in [0.25, 0.3) is 0 Å². The first kappa shape index (κ1) is 11.1. The lowest BCUT2D eigenvalue weighted by molar-refractivity contribution is 0.368. The molecule has 0 saturated heterocycles. The van der Waals surface area contributed by atoms with Crippen molar-refractivity contribution in [3.8, 4) is 17.2 Å². The molecule has 2 atom stereocenters. The average Bonchev–Trinajstić information content (AvgIpc) is 3.03. The Hall–Kier alpha value is -1.42. The van der Waals surface area contributed by atoms with Gasteiger partial charge in [0, 0.05) is 29.7 Å². The molecule has 1 aromatic carbocycles. The highest BCUT2D eigenvalue weighted by atomic mass is 16.5. The number of hydrogen-bond acceptors (Lipinski definition) is 4. The van der Waals surface area contributed by atoms with Crippen molar-refractivity contribution in [3.63, 3.8) is 0 Å². The first-order chi connectivity index (χ1) is 7.71. The third kappa shape index (κ3) is 1.80. The Morgan fingerprint density at radius 1 is 1.06 bits per heavy atom. The molecule has 1 aliphatic carbocycles. The SMILES string of the molecule is COc1cc(OC)c([C@@H]2C[C@H]2N)c(OC)c1. The van der Waals surface area contributed by atoms with Crippen molar-refractivity contribution in [1.82, 2.24) is 0 Å². The van der Waals surface area contributed by atoms with Crippen molar-refractivity contribution >= 4 is 0 Å². The van der Waals surface area contributed by atoms with Crippen LogP contribution in [0, 0.1) is 0 Å². The van der Waals surface area contributed by atoms with Gasteiger partial charge in [-0.2, -0.15) is 0 Å². The second-order valence-electron chi connectivity index (χ2n) is 3.95. The van der Waals surface area contributed by atoms with Crippen LogP contribution in [0.3, 0.4) is 0 Å². The molecular formula is C12H17NO3. The van der Waals surface area contributed by atoms with Crippen molar-refractivity contribution < 1.29 is 14.2 Å². The first-order valence-corrected chi connectivity index (χ1v) is 5.26. The van der Waals surface area contributed by atoms with Gasteiger partial charge in [0.15, 0.2) is 0 Å². The van der Waals surface area contributed by atoms with Crippen LogP contribution < -0.4 is 19.9 Å². The van der Waals surface area contributed by atoms with Crippen LogP contribution in [-0.4, -0.2) is 27.4 Å². The number of benzene rings is 1. The standard InChI is InChI=1S/C12H17NO3/c1-14-7-4-10(15-2)12(8-6-9(8)13)11(5-7)16-3/h4-5,8-9H,6,13H2,1-3H3/t8-,9-/m1/s1. The molecule has 16 heavy (non-hydrogen) atoms. The molecule has 1 aliphatic rings. The van der Waals surface area contributed by atoms with E-state index in [9.17, 15) is 0 Å². The Kier molecular flexibility index (Phi) is 2.92. The summed E-state index contributed by atoms with van der Waals surface area (Å²) in [5, 5.41) is 0. The normalized spacial score (nSPS) is 22.8. The molecule has 1 aromatic rings. The summed E-state index contributed by atoms with van der Waals surface area (Å²) >= 11 is 0. The Bertz CT molecular complexity index is 367. The van der Waals surface area contributed by atoms with Crippen LogP contribution in [0.15, 0.2) is 12.1 Å². The summed E-state index contributed by atoms with van der Waals surface area (Å²) in [6.07, 6.45) is 0.985. The maximum absolute atomic E-state index is 5.87. The van der Waals surface area contributed by atoms with Gasteiger partial charge in [-0.3, -0.25) is 0 Å². The molecular weight excluding hydrogens is 206 g/mol. The van der Waals surface area contributed by atoms with E-state index in [1.165, 1.54) is 0 Å². The van der Waals surface area contributed by atoms with E-state index in [1.54, 1.807) is 21.3 Å². The molecule has 1 fully saturated rings. The summed E-state index contributed by atoms with van der Waals surface area (Å²) in [6.45, 7) is 0. The fraction of sp³-hybridized carbons (Fsp3) is 0.500. The summed E-state index contributed by atoms with van der Waals surface area (Å²) in [4.78, 5) is 0. The van der Waals surface area contributed by atoms with Gasteiger partial charge in [-0.1, -0.05) is 0 Å². The predicted molar refractivity (Wildman–Crippen MR) is 61.4 cm³/mol. The Morgan fingerprint density at radius 2 is 1.56 bits per heavy atom. The molecule has 0 amide bonds. The largest absolute Gasteiger partial charge is 0.496 e. The van der Waals surface area contributed by atoms with Crippen LogP contribution in [0.4, 0.5) is 0 Å². The molecule has 0 aliphatic heterocycles. The summed E-state index contributed by atoms with van der Waals surface area (Å²) in [5.74, 6) is 2.64. The van der Waals surface area contributed by atoms with Gasteiger partial charge in [0.05, 0.1) is 21.3 Å². The van der Waals surface area contributed by atoms with Crippen LogP contribution in [0.2, 0.25) is 0 Å². The minimum Gasteiger partial charge on any atom is -0.496 e. The van der Waals surface area contributed by atoms with E-state index < -0.39 is 0 Å². The molecule has 0 radical (unpaired) electrons. The Balaban J connectivity index is 2.46. The average molecular weight is 223 g/mol. The van der Waals surface area contributed by atoms with Gasteiger partial charge in [0.1, 0.15) is 17.2 Å². The van der Waals surface area contributed by atoms with E-state index in [-0.39, 0.29) is 6.04 Å². The molecule has 0 spiro atoms. The summed E-state index contributed by atoms with van der Waals surface area (Å²) in [5.41, 5.74) is 6.93. The predicted octanol–water partition coefficient (Wildman–Crippen LogP) is 1.53. The highest BCUT2D eigenvalue weighted by Crippen LogP contribution is 2.49. The van der Waals surface area contributed by atoms with E-state index in [4.69, 9.17) is 19.9 Å². The Labute approximate surface area is 95.3 Å². The molecule has 4 heteroatoms. The second kappa shape index (κ2) is 4.22. The molecule has 2 N–H and O–H groups in total. The van der Waals surface area contributed by atoms with Crippen molar-refractivity contribution in [2.24, 2.45) is 5.73 Å². The highest BCUT2D eigenvalue weighted by molar-refractivity contribution is 5.54. The van der Waals surface area contributed by atoms with Gasteiger partial charge in [0.2, 0.25) is 0 Å². The zero-order valence-electron chi connectivity index (χ0n) is 9.82. The number of nitrogens with two attached hydrogens (primary N) is 1. The van der Waals surface area contributed by atoms with Gasteiger partial charge in [-0.05, 0) is 6.42 Å². The van der Waals surface area contributed by atoms with Crippen molar-refractivity contribution in [2.45, 2.75) is 18.4 Å². The second-order valence-corrected chi connectivity index (χ2v) is 3.95. The summed E-state index contributed by atoms with van der Waals surface area (Å²) in [7, 11) is 4.91. The van der Waals surface area contributed by atoms with Crippen LogP contribution in [0.25, 0.3) is 0 Å². The summed E-state index contributed by atoms with van der Waals surface area (Å²) in [6, 6.07) is 3.95. The van der Waals surface area contributed by atoms with Crippen molar-refractivity contribution in [1.29, 1.82) is 0 Å². The van der Waals surface area contributed by atoms with Crippen molar-refractivity contribution in [3.05, 3.63) is 17.7 Å². The number of ether oxygens (including phenoxy) is 3. The smallest absolute Gasteiger partial charge is 0.129 e. The molecule has 0 unspecified atom stereocenters. The van der Waals surface area contributed by atoms with Gasteiger partial charge in [-0.25, -0.2) is 0 Å². The molecule has 0 heterocycles. The minimum atomic E-state index is 0.219. The Morgan fingerprint density at radius 3 is 1.88 bits per heavy atom. The fourth-order valence-corrected chi connectivity index (χ4v) is 1.94. The molecule has 4 nitrogen and oxygen atoms in total. The van der Waals surface area contributed by atoms with Gasteiger partial charge in [-0.15, -0.1) is 0 Å². The van der Waals surface area contributed by atoms with Crippen LogP contribution >= 0.6 is 0 Å². The van der Waals surface area contributed by atoms with Crippen LogP contribution in [0.5, 0.6) is 17.2 Å². The lowest BCUT2D eigenvalue weighted by Crippen LogP contribution is -2.04. The monoisotopic (exact) mass is 223 g/mol. The van der Waals surface area contributed by atoms with E-state index in [0.717, 1.165) is 29.2 Å². The quantitative estimate of drug-likeness (QED) is 0.841. The number of methoxy groups -OCH3 is 3. The minimum absolute atomic E-state index is 0.219. The van der Waals surface area contributed by atoms with Gasteiger partial charge >= 0.3 is 0 Å². The van der Waals surface area contributed by atoms with E-state index in [2.05, 4.69) is 0 Å². The number of rotatable bonds is 4. The summed E-state index contributed by atoms with van der Waals surface area (Å²) < 4.78 is 15.9. The highest BCUT2D eigenvalue weighted by Gasteiger charge is 2.39. The number of hydrogen-bond donors (Lipinski definition) is 1. The molecule has 0 bridgehead atoms. The molecule has 0 aromatic heterocycles. The molecule has 1 saturated carbocycles. The van der Waals surface area contributed by atoms with E-state index >= 15 is 0 Å². The topological polar surface area (TPSA) is 53.7 Å². The fourth-order valence-electron chi connectivity index (χ4n) is 1.94. The zero-order valence-corrected chi connectivity index (χ0v) is 9.82. The van der Waals surface area contributed by atoms with Crippen LogP contribution in [-0.2, 0) is 0 Å². The van der Waals surface area contributed by atoms with Crippen LogP contribution in [0.1, 0.15) is 17.9 Å². The van der Waals surface area contributed by atoms with Gasteiger partial charge < -0.3 is 19.9 Å². The van der Waals surface area contributed by atoms with Crippen molar-refractivity contribution in [2.75, 3.05) is 21.3 Å². The molecule has 2 rings (SSSR count). The lowest BCUT2D eigenvalue weighted by atomic mass is 10.1. The third-order valence-electron chi connectivity index (χ3n) is 2.96. The maximum Gasteiger partial charge on any atom is 0.129 e. The molecule has 88 valence electrons. The zero-order chi connectivity index (χ0) is 11.7. The third-order valence-corrected chi connectivity index (χ3v) is 2.96. The lowest BCUT2D eigenvalue weighted by Gasteiger charge is -2.14. The maximum atomic E-state index is 5.87. The van der Waals surface area contributed by atoms with E-state index in [0.29, 0.717) is 5.92 Å². The first-order valence-electron chi connectivity index (χ1n) is 5.26. The van der Waals surface area contributed by atoms with E-state index in [1.807, 2.05) is 12.1 Å².